The number of nitrogens with two attached hydrogens (primary N) is 1. The Bertz CT molecular complexity index is 1650. The van der Waals surface area contributed by atoms with Gasteiger partial charge in [-0.1, -0.05) is 110 Å². The molecule has 0 saturated carbocycles. The van der Waals surface area contributed by atoms with Crippen molar-refractivity contribution in [2.75, 3.05) is 33.2 Å². The summed E-state index contributed by atoms with van der Waals surface area (Å²) >= 11 is 0. The summed E-state index contributed by atoms with van der Waals surface area (Å²) in [5, 5.41) is 24.0. The second-order valence-corrected chi connectivity index (χ2v) is 15.8. The van der Waals surface area contributed by atoms with Crippen LogP contribution in [0.4, 0.5) is 5.82 Å². The summed E-state index contributed by atoms with van der Waals surface area (Å²) in [6.07, 6.45) is 24.2. The molecule has 1 aliphatic heterocycles. The highest BCUT2D eigenvalue weighted by Gasteiger charge is 2.43. The minimum Gasteiger partial charge on any atom is -0.495 e. The number of hydrogen-bond acceptors (Lipinski definition) is 12. The van der Waals surface area contributed by atoms with Crippen LogP contribution in [0.5, 0.6) is 17.2 Å². The molecule has 0 radical (unpaired) electrons. The van der Waals surface area contributed by atoms with Crippen LogP contribution in [0.15, 0.2) is 30.6 Å². The molecule has 2 aromatic heterocycles. The summed E-state index contributed by atoms with van der Waals surface area (Å²) in [5.74, 6) is 1.49. The number of hydrogen-bond donors (Lipinski definition) is 2. The predicted molar refractivity (Wildman–Crippen MR) is 217 cm³/mol. The number of rotatable bonds is 29. The minimum absolute atomic E-state index is 0.0476. The van der Waals surface area contributed by atoms with E-state index < -0.39 is 26.4 Å². The molecule has 0 bridgehead atoms. The molecule has 4 atom stereocenters. The van der Waals surface area contributed by atoms with Gasteiger partial charge in [0, 0.05) is 12.1 Å². The molecule has 1 aromatic carbocycles. The first-order valence-electron chi connectivity index (χ1n) is 20.6. The fourth-order valence-corrected chi connectivity index (χ4v) is 7.96. The summed E-state index contributed by atoms with van der Waals surface area (Å²) in [5.41, 5.74) is 6.42. The molecule has 0 spiro atoms. The highest BCUT2D eigenvalue weighted by Crippen LogP contribution is 2.43. The van der Waals surface area contributed by atoms with Crippen molar-refractivity contribution in [1.82, 2.24) is 14.6 Å². The van der Waals surface area contributed by atoms with Crippen molar-refractivity contribution in [3.8, 4) is 29.4 Å². The SMILES string of the molecule is CCCCCCCCCCCCCCCCCCCC(COP(O)OCC1(C#N)CCC(c2ccc3c(N)ncnn23)O1)Oc1cc(OC)c(C#N)c(OC)c1. The minimum atomic E-state index is -2.35. The van der Waals surface area contributed by atoms with Crippen LogP contribution in [0.3, 0.4) is 0 Å². The molecule has 3 heterocycles. The molecular weight excluding hydrogens is 731 g/mol. The number of anilines is 1. The van der Waals surface area contributed by atoms with Crippen molar-refractivity contribution in [2.24, 2.45) is 0 Å². The average molecular weight is 795 g/mol. The maximum Gasteiger partial charge on any atom is 0.330 e. The van der Waals surface area contributed by atoms with Crippen LogP contribution in [-0.4, -0.2) is 58.6 Å². The third kappa shape index (κ3) is 14.0. The van der Waals surface area contributed by atoms with Crippen molar-refractivity contribution in [1.29, 1.82) is 10.5 Å². The smallest absolute Gasteiger partial charge is 0.330 e. The maximum atomic E-state index is 10.8. The molecule has 56 heavy (non-hydrogen) atoms. The monoisotopic (exact) mass is 794 g/mol. The van der Waals surface area contributed by atoms with Gasteiger partial charge in [0.25, 0.3) is 0 Å². The van der Waals surface area contributed by atoms with E-state index in [0.717, 1.165) is 25.0 Å². The van der Waals surface area contributed by atoms with Gasteiger partial charge >= 0.3 is 8.60 Å². The summed E-state index contributed by atoms with van der Waals surface area (Å²) < 4.78 is 36.6. The number of benzene rings is 1. The zero-order valence-electron chi connectivity index (χ0n) is 33.8. The Labute approximate surface area is 334 Å². The van der Waals surface area contributed by atoms with E-state index in [9.17, 15) is 15.4 Å². The number of ether oxygens (including phenoxy) is 4. The molecule has 14 heteroatoms. The zero-order chi connectivity index (χ0) is 40.0. The Kier molecular flexibility index (Phi) is 19.9. The topological polar surface area (TPSA) is 179 Å². The Balaban J connectivity index is 1.21. The van der Waals surface area contributed by atoms with Crippen LogP contribution in [0, 0.1) is 22.7 Å². The molecule has 0 amide bonds. The number of nitrogen functional groups attached to an aromatic ring is 1. The largest absolute Gasteiger partial charge is 0.495 e. The lowest BCUT2D eigenvalue weighted by atomic mass is 10.0. The molecule has 0 aliphatic carbocycles. The standard InChI is InChI=1S/C42H63N6O7P/c1-4-5-6-7-8-9-10-11-12-13-14-15-16-17-18-19-20-21-33(54-34-26-39(50-2)35(28-43)40(27-34)51-3)29-52-56(49)53-31-42(30-44)25-24-38(55-42)36-22-23-37-41(45)46-32-47-48(36)37/h22-23,26-27,32-33,38,49H,4-21,24-25,29,31H2,1-3H3,(H2,45,46,47). The van der Waals surface area contributed by atoms with Crippen LogP contribution in [0.25, 0.3) is 5.52 Å². The van der Waals surface area contributed by atoms with E-state index in [2.05, 4.69) is 29.1 Å². The van der Waals surface area contributed by atoms with Crippen molar-refractivity contribution in [3.05, 3.63) is 41.9 Å². The fraction of sp³-hybridized carbons (Fsp3) is 0.667. The Hall–Kier alpha value is -3.71. The molecule has 3 aromatic rings. The first kappa shape index (κ1) is 45.0. The van der Waals surface area contributed by atoms with Gasteiger partial charge in [-0.15, -0.1) is 0 Å². The van der Waals surface area contributed by atoms with Crippen LogP contribution in [-0.2, 0) is 13.8 Å². The van der Waals surface area contributed by atoms with Crippen LogP contribution in [0.1, 0.15) is 153 Å². The molecule has 3 N–H and O–H groups in total. The number of nitrogens with zero attached hydrogens (tertiary/aromatic N) is 5. The van der Waals surface area contributed by atoms with Gasteiger partial charge in [0.2, 0.25) is 0 Å². The molecular formula is C42H63N6O7P. The quantitative estimate of drug-likeness (QED) is 0.0502. The third-order valence-corrected chi connectivity index (χ3v) is 11.2. The Morgan fingerprint density at radius 2 is 1.50 bits per heavy atom. The first-order chi connectivity index (χ1) is 27.4. The van der Waals surface area contributed by atoms with E-state index >= 15 is 0 Å². The molecule has 1 fully saturated rings. The molecule has 4 unspecified atom stereocenters. The van der Waals surface area contributed by atoms with E-state index in [1.54, 1.807) is 16.6 Å². The molecule has 13 nitrogen and oxygen atoms in total. The normalized spacial score (nSPS) is 17.7. The van der Waals surface area contributed by atoms with Gasteiger partial charge in [-0.05, 0) is 37.8 Å². The van der Waals surface area contributed by atoms with Crippen LogP contribution < -0.4 is 19.9 Å². The Morgan fingerprint density at radius 3 is 2.05 bits per heavy atom. The number of nitriles is 2. The number of methoxy groups -OCH3 is 2. The lowest BCUT2D eigenvalue weighted by Gasteiger charge is -2.24. The lowest BCUT2D eigenvalue weighted by molar-refractivity contribution is -0.0366. The van der Waals surface area contributed by atoms with Gasteiger partial charge in [0.15, 0.2) is 11.4 Å². The van der Waals surface area contributed by atoms with Crippen molar-refractivity contribution >= 4 is 19.9 Å². The highest BCUT2D eigenvalue weighted by atomic mass is 31.2. The molecule has 1 aliphatic rings. The maximum absolute atomic E-state index is 10.8. The number of aromatic nitrogens is 3. The summed E-state index contributed by atoms with van der Waals surface area (Å²) in [4.78, 5) is 14.8. The summed E-state index contributed by atoms with van der Waals surface area (Å²) in [6, 6.07) is 11.3. The predicted octanol–water partition coefficient (Wildman–Crippen LogP) is 10.1. The molecule has 1 saturated heterocycles. The number of fused-ring (bicyclic) bond motifs is 1. The van der Waals surface area contributed by atoms with Gasteiger partial charge in [-0.3, -0.25) is 0 Å². The van der Waals surface area contributed by atoms with Gasteiger partial charge in [0.1, 0.15) is 59.0 Å². The summed E-state index contributed by atoms with van der Waals surface area (Å²) in [6.45, 7) is 2.15. The highest BCUT2D eigenvalue weighted by molar-refractivity contribution is 7.40. The second-order valence-electron chi connectivity index (χ2n) is 14.8. The van der Waals surface area contributed by atoms with Crippen molar-refractivity contribution in [2.45, 2.75) is 153 Å². The van der Waals surface area contributed by atoms with E-state index in [1.807, 2.05) is 12.1 Å². The molecule has 4 rings (SSSR count). The van der Waals surface area contributed by atoms with Crippen LogP contribution >= 0.6 is 8.60 Å². The molecule has 308 valence electrons. The van der Waals surface area contributed by atoms with Gasteiger partial charge in [-0.2, -0.15) is 15.6 Å². The third-order valence-electron chi connectivity index (χ3n) is 10.5. The van der Waals surface area contributed by atoms with Gasteiger partial charge in [-0.25, -0.2) is 9.50 Å². The lowest BCUT2D eigenvalue weighted by Crippen LogP contribution is -2.32. The van der Waals surface area contributed by atoms with Crippen LogP contribution in [0.2, 0.25) is 0 Å². The van der Waals surface area contributed by atoms with Crippen molar-refractivity contribution in [3.63, 3.8) is 0 Å². The Morgan fingerprint density at radius 1 is 0.911 bits per heavy atom. The van der Waals surface area contributed by atoms with Gasteiger partial charge < -0.3 is 38.6 Å². The fourth-order valence-electron chi connectivity index (χ4n) is 7.28. The number of unbranched alkanes of at least 4 members (excludes halogenated alkanes) is 16. The van der Waals surface area contributed by atoms with E-state index in [-0.39, 0.29) is 18.8 Å². The van der Waals surface area contributed by atoms with E-state index in [1.165, 1.54) is 110 Å². The van der Waals surface area contributed by atoms with Crippen molar-refractivity contribution < 1.29 is 32.9 Å². The average Bonchev–Trinajstić information content (AvgIpc) is 3.85. The first-order valence-corrected chi connectivity index (χ1v) is 21.7. The van der Waals surface area contributed by atoms with E-state index in [4.69, 9.17) is 33.7 Å². The second kappa shape index (κ2) is 24.8. The summed E-state index contributed by atoms with van der Waals surface area (Å²) in [7, 11) is 0.633. The van der Waals surface area contributed by atoms with Gasteiger partial charge in [0.05, 0.1) is 33.1 Å². The van der Waals surface area contributed by atoms with E-state index in [0.29, 0.717) is 47.8 Å². The zero-order valence-corrected chi connectivity index (χ0v) is 34.6.